The lowest BCUT2D eigenvalue weighted by Crippen LogP contribution is -2.39. The van der Waals surface area contributed by atoms with Crippen LogP contribution in [0.3, 0.4) is 0 Å². The molecule has 1 aromatic heterocycles. The number of carbonyl (C=O) groups is 2. The van der Waals surface area contributed by atoms with Gasteiger partial charge in [0.2, 0.25) is 17.8 Å². The van der Waals surface area contributed by atoms with E-state index >= 15 is 0 Å². The molecule has 2 amide bonds. The Hall–Kier alpha value is -1.87. The first-order valence-electron chi connectivity index (χ1n) is 6.08. The van der Waals surface area contributed by atoms with Gasteiger partial charge in [0.15, 0.2) is 0 Å². The fourth-order valence-corrected chi connectivity index (χ4v) is 2.33. The Morgan fingerprint density at radius 2 is 2.19 bits per heavy atom. The highest BCUT2D eigenvalue weighted by molar-refractivity contribution is 7.85. The zero-order chi connectivity index (χ0) is 15.6. The van der Waals surface area contributed by atoms with Crippen molar-refractivity contribution in [3.05, 3.63) is 29.3 Å². The Bertz CT molecular complexity index is 689. The molecule has 2 heterocycles. The quantitative estimate of drug-likeness (QED) is 0.484. The molecule has 7 nitrogen and oxygen atoms in total. The number of nitrogens with zero attached hydrogens (tertiary/aromatic N) is 1. The second kappa shape index (κ2) is 5.86. The minimum absolute atomic E-state index is 0.0670. The standard InChI is InChI=1S/C12H13FN2O5S/c1-21(18,19)20-6-8-4-7(5-14-11(8)13)9-2-3-10(16)15-12(9)17/h4-5,9H,2-3,6H2,1H3,(H,15,16,17). The zero-order valence-corrected chi connectivity index (χ0v) is 11.9. The lowest BCUT2D eigenvalue weighted by Gasteiger charge is -2.21. The molecule has 1 fully saturated rings. The second-order valence-electron chi connectivity index (χ2n) is 4.69. The molecular weight excluding hydrogens is 303 g/mol. The van der Waals surface area contributed by atoms with E-state index in [2.05, 4.69) is 14.5 Å². The summed E-state index contributed by atoms with van der Waals surface area (Å²) >= 11 is 0. The maximum atomic E-state index is 13.5. The van der Waals surface area contributed by atoms with Gasteiger partial charge in [-0.1, -0.05) is 0 Å². The monoisotopic (exact) mass is 316 g/mol. The van der Waals surface area contributed by atoms with Gasteiger partial charge in [-0.15, -0.1) is 0 Å². The molecule has 1 aliphatic heterocycles. The minimum atomic E-state index is -3.71. The van der Waals surface area contributed by atoms with Gasteiger partial charge in [0.1, 0.15) is 0 Å². The number of pyridine rings is 1. The van der Waals surface area contributed by atoms with Gasteiger partial charge in [0.05, 0.1) is 18.8 Å². The summed E-state index contributed by atoms with van der Waals surface area (Å²) in [7, 11) is -3.71. The van der Waals surface area contributed by atoms with Gasteiger partial charge in [-0.05, 0) is 18.1 Å². The van der Waals surface area contributed by atoms with Crippen LogP contribution >= 0.6 is 0 Å². The van der Waals surface area contributed by atoms with Crippen molar-refractivity contribution in [2.24, 2.45) is 0 Å². The molecule has 0 aromatic carbocycles. The Kier molecular flexibility index (Phi) is 4.33. The normalized spacial score (nSPS) is 19.4. The maximum absolute atomic E-state index is 13.5. The third-order valence-corrected chi connectivity index (χ3v) is 3.55. The summed E-state index contributed by atoms with van der Waals surface area (Å²) in [5, 5.41) is 2.19. The van der Waals surface area contributed by atoms with E-state index in [0.717, 1.165) is 6.26 Å². The minimum Gasteiger partial charge on any atom is -0.296 e. The van der Waals surface area contributed by atoms with E-state index in [1.807, 2.05) is 0 Å². The number of nitrogens with one attached hydrogen (secondary N) is 1. The molecule has 1 unspecified atom stereocenters. The van der Waals surface area contributed by atoms with Crippen LogP contribution in [0, 0.1) is 5.95 Å². The smallest absolute Gasteiger partial charge is 0.264 e. The van der Waals surface area contributed by atoms with Crippen molar-refractivity contribution in [1.29, 1.82) is 0 Å². The Labute approximate surface area is 120 Å². The van der Waals surface area contributed by atoms with Crippen molar-refractivity contribution >= 4 is 21.9 Å². The Morgan fingerprint density at radius 1 is 1.48 bits per heavy atom. The molecule has 0 radical (unpaired) electrons. The molecule has 9 heteroatoms. The molecule has 0 saturated carbocycles. The average molecular weight is 316 g/mol. The predicted octanol–water partition coefficient (Wildman–Crippen LogP) is 0.217. The highest BCUT2D eigenvalue weighted by Gasteiger charge is 2.28. The van der Waals surface area contributed by atoms with E-state index in [1.165, 1.54) is 12.3 Å². The molecule has 1 aliphatic rings. The van der Waals surface area contributed by atoms with Crippen molar-refractivity contribution in [2.75, 3.05) is 6.26 Å². The van der Waals surface area contributed by atoms with Crippen LogP contribution in [-0.4, -0.2) is 31.5 Å². The maximum Gasteiger partial charge on any atom is 0.264 e. The third-order valence-electron chi connectivity index (χ3n) is 3.00. The highest BCUT2D eigenvalue weighted by Crippen LogP contribution is 2.25. The van der Waals surface area contributed by atoms with Gasteiger partial charge >= 0.3 is 0 Å². The SMILES string of the molecule is CS(=O)(=O)OCc1cc(C2CCC(=O)NC2=O)cnc1F. The van der Waals surface area contributed by atoms with Crippen molar-refractivity contribution in [2.45, 2.75) is 25.4 Å². The fourth-order valence-electron chi connectivity index (χ4n) is 1.99. The van der Waals surface area contributed by atoms with Crippen molar-refractivity contribution in [3.63, 3.8) is 0 Å². The zero-order valence-electron chi connectivity index (χ0n) is 11.1. The molecule has 1 aromatic rings. The summed E-state index contributed by atoms with van der Waals surface area (Å²) < 4.78 is 39.9. The lowest BCUT2D eigenvalue weighted by atomic mass is 9.91. The molecule has 114 valence electrons. The number of amides is 2. The van der Waals surface area contributed by atoms with Crippen LogP contribution in [0.15, 0.2) is 12.3 Å². The first-order chi connectivity index (χ1) is 9.76. The van der Waals surface area contributed by atoms with Crippen molar-refractivity contribution in [3.8, 4) is 0 Å². The summed E-state index contributed by atoms with van der Waals surface area (Å²) in [4.78, 5) is 26.3. The summed E-state index contributed by atoms with van der Waals surface area (Å²) in [6, 6.07) is 1.33. The van der Waals surface area contributed by atoms with Crippen molar-refractivity contribution in [1.82, 2.24) is 10.3 Å². The molecular formula is C12H13FN2O5S. The van der Waals surface area contributed by atoms with Crippen LogP contribution in [0.25, 0.3) is 0 Å². The number of hydrogen-bond donors (Lipinski definition) is 1. The Morgan fingerprint density at radius 3 is 2.81 bits per heavy atom. The molecule has 0 aliphatic carbocycles. The van der Waals surface area contributed by atoms with Crippen LogP contribution in [-0.2, 0) is 30.5 Å². The molecule has 1 N–H and O–H groups in total. The van der Waals surface area contributed by atoms with Crippen LogP contribution in [0.4, 0.5) is 4.39 Å². The number of piperidine rings is 1. The van der Waals surface area contributed by atoms with Gasteiger partial charge in [0.25, 0.3) is 10.1 Å². The second-order valence-corrected chi connectivity index (χ2v) is 6.33. The van der Waals surface area contributed by atoms with Gasteiger partial charge in [-0.25, -0.2) is 4.98 Å². The van der Waals surface area contributed by atoms with Crippen LogP contribution in [0.1, 0.15) is 29.9 Å². The van der Waals surface area contributed by atoms with Crippen molar-refractivity contribution < 1.29 is 26.6 Å². The number of rotatable bonds is 4. The van der Waals surface area contributed by atoms with E-state index in [0.29, 0.717) is 12.0 Å². The number of aromatic nitrogens is 1. The highest BCUT2D eigenvalue weighted by atomic mass is 32.2. The molecule has 21 heavy (non-hydrogen) atoms. The van der Waals surface area contributed by atoms with Gasteiger partial charge < -0.3 is 0 Å². The molecule has 0 spiro atoms. The topological polar surface area (TPSA) is 102 Å². The summed E-state index contributed by atoms with van der Waals surface area (Å²) in [5.41, 5.74) is 0.344. The summed E-state index contributed by atoms with van der Waals surface area (Å²) in [6.07, 6.45) is 2.52. The lowest BCUT2D eigenvalue weighted by molar-refractivity contribution is -0.134. The van der Waals surface area contributed by atoms with Crippen LogP contribution in [0.5, 0.6) is 0 Å². The Balaban J connectivity index is 2.22. The average Bonchev–Trinajstić information content (AvgIpc) is 2.37. The summed E-state index contributed by atoms with van der Waals surface area (Å²) in [6.45, 7) is -0.501. The molecule has 1 saturated heterocycles. The van der Waals surface area contributed by atoms with E-state index in [-0.39, 0.29) is 17.9 Å². The van der Waals surface area contributed by atoms with E-state index in [9.17, 15) is 22.4 Å². The number of hydrogen-bond acceptors (Lipinski definition) is 6. The van der Waals surface area contributed by atoms with E-state index < -0.39 is 34.5 Å². The molecule has 2 rings (SSSR count). The fraction of sp³-hybridized carbons (Fsp3) is 0.417. The first-order valence-corrected chi connectivity index (χ1v) is 7.90. The number of halogens is 1. The predicted molar refractivity (Wildman–Crippen MR) is 69.0 cm³/mol. The van der Waals surface area contributed by atoms with E-state index in [1.54, 1.807) is 0 Å². The number of carbonyl (C=O) groups excluding carboxylic acids is 2. The molecule has 0 bridgehead atoms. The van der Waals surface area contributed by atoms with Crippen LogP contribution < -0.4 is 5.32 Å². The molecule has 1 atom stereocenters. The van der Waals surface area contributed by atoms with Gasteiger partial charge in [-0.3, -0.25) is 19.1 Å². The van der Waals surface area contributed by atoms with Crippen LogP contribution in [0.2, 0.25) is 0 Å². The first kappa shape index (κ1) is 15.5. The summed E-state index contributed by atoms with van der Waals surface area (Å²) in [5.74, 6) is -2.32. The van der Waals surface area contributed by atoms with Gasteiger partial charge in [-0.2, -0.15) is 12.8 Å². The largest absolute Gasteiger partial charge is 0.296 e. The number of imide groups is 1. The van der Waals surface area contributed by atoms with Gasteiger partial charge in [0, 0.05) is 18.2 Å². The third kappa shape index (κ3) is 4.05. The van der Waals surface area contributed by atoms with E-state index in [4.69, 9.17) is 0 Å².